The van der Waals surface area contributed by atoms with Crippen LogP contribution in [0.4, 0.5) is 5.69 Å². The summed E-state index contributed by atoms with van der Waals surface area (Å²) in [7, 11) is 1.36. The van der Waals surface area contributed by atoms with Gasteiger partial charge in [-0.1, -0.05) is 38.5 Å². The standard InChI is InChI=1S/C20H31N3O3/c1-5-15(2)19(20(25)26-4)21-18(24)14-22-10-12-23(13-11-22)17-9-7-6-8-16(17)3/h6-9,15,19H,5,10-14H2,1-4H3,(H,21,24)/p+1/t15-,19-/m1/s1. The lowest BCUT2D eigenvalue weighted by Crippen LogP contribution is -3.16. The number of para-hydroxylation sites is 1. The molecule has 144 valence electrons. The minimum atomic E-state index is -0.565. The smallest absolute Gasteiger partial charge is 0.328 e. The number of methoxy groups -OCH3 is 1. The van der Waals surface area contributed by atoms with Crippen molar-refractivity contribution in [2.24, 2.45) is 5.92 Å². The maximum Gasteiger partial charge on any atom is 0.328 e. The Balaban J connectivity index is 1.85. The molecule has 2 atom stereocenters. The summed E-state index contributed by atoms with van der Waals surface area (Å²) >= 11 is 0. The molecule has 26 heavy (non-hydrogen) atoms. The van der Waals surface area contributed by atoms with Gasteiger partial charge in [0.15, 0.2) is 6.54 Å². The van der Waals surface area contributed by atoms with Crippen LogP contribution in [0, 0.1) is 12.8 Å². The van der Waals surface area contributed by atoms with E-state index in [1.165, 1.54) is 23.3 Å². The van der Waals surface area contributed by atoms with Gasteiger partial charge in [0.05, 0.1) is 33.3 Å². The molecular formula is C20H32N3O3+. The summed E-state index contributed by atoms with van der Waals surface area (Å²) in [6.45, 7) is 10.2. The van der Waals surface area contributed by atoms with Crippen molar-refractivity contribution in [1.29, 1.82) is 0 Å². The molecule has 1 aliphatic heterocycles. The van der Waals surface area contributed by atoms with Crippen LogP contribution in [0.25, 0.3) is 0 Å². The molecule has 0 aromatic heterocycles. The van der Waals surface area contributed by atoms with E-state index in [0.29, 0.717) is 6.54 Å². The number of ether oxygens (including phenoxy) is 1. The van der Waals surface area contributed by atoms with Crippen molar-refractivity contribution in [3.8, 4) is 0 Å². The van der Waals surface area contributed by atoms with Gasteiger partial charge in [-0.15, -0.1) is 0 Å². The van der Waals surface area contributed by atoms with Crippen LogP contribution in [0.1, 0.15) is 25.8 Å². The lowest BCUT2D eigenvalue weighted by Gasteiger charge is -2.34. The predicted octanol–water partition coefficient (Wildman–Crippen LogP) is 0.404. The normalized spacial score (nSPS) is 17.5. The van der Waals surface area contributed by atoms with Crippen LogP contribution in [-0.4, -0.2) is 57.8 Å². The molecule has 2 rings (SSSR count). The summed E-state index contributed by atoms with van der Waals surface area (Å²) in [5.41, 5.74) is 2.56. The molecule has 1 heterocycles. The van der Waals surface area contributed by atoms with Gasteiger partial charge in [-0.25, -0.2) is 4.79 Å². The van der Waals surface area contributed by atoms with Crippen molar-refractivity contribution >= 4 is 17.6 Å². The molecular weight excluding hydrogens is 330 g/mol. The van der Waals surface area contributed by atoms with Crippen LogP contribution in [0.2, 0.25) is 0 Å². The Bertz CT molecular complexity index is 612. The van der Waals surface area contributed by atoms with Crippen LogP contribution in [0.5, 0.6) is 0 Å². The number of aryl methyl sites for hydroxylation is 1. The van der Waals surface area contributed by atoms with E-state index < -0.39 is 6.04 Å². The van der Waals surface area contributed by atoms with Crippen molar-refractivity contribution in [1.82, 2.24) is 5.32 Å². The largest absolute Gasteiger partial charge is 0.467 e. The van der Waals surface area contributed by atoms with Gasteiger partial charge in [-0.2, -0.15) is 0 Å². The first-order valence-corrected chi connectivity index (χ1v) is 9.47. The molecule has 0 aliphatic carbocycles. The summed E-state index contributed by atoms with van der Waals surface area (Å²) in [5.74, 6) is -0.397. The maximum absolute atomic E-state index is 12.4. The molecule has 1 aliphatic rings. The van der Waals surface area contributed by atoms with Crippen molar-refractivity contribution in [3.63, 3.8) is 0 Å². The number of carbonyl (C=O) groups is 2. The lowest BCUT2D eigenvalue weighted by molar-refractivity contribution is -0.892. The van der Waals surface area contributed by atoms with Crippen LogP contribution in [0.3, 0.4) is 0 Å². The fourth-order valence-electron chi connectivity index (χ4n) is 3.41. The number of hydrogen-bond donors (Lipinski definition) is 2. The Labute approximate surface area is 156 Å². The molecule has 0 saturated carbocycles. The lowest BCUT2D eigenvalue weighted by atomic mass is 9.99. The summed E-state index contributed by atoms with van der Waals surface area (Å²) in [4.78, 5) is 28.0. The average Bonchev–Trinajstić information content (AvgIpc) is 2.66. The highest BCUT2D eigenvalue weighted by Crippen LogP contribution is 2.18. The highest BCUT2D eigenvalue weighted by Gasteiger charge is 2.29. The molecule has 0 radical (unpaired) electrons. The fourth-order valence-corrected chi connectivity index (χ4v) is 3.41. The van der Waals surface area contributed by atoms with Crippen molar-refractivity contribution in [3.05, 3.63) is 29.8 Å². The predicted molar refractivity (Wildman–Crippen MR) is 102 cm³/mol. The number of anilines is 1. The number of carbonyl (C=O) groups excluding carboxylic acids is 2. The SMILES string of the molecule is CC[C@@H](C)[C@@H](NC(=O)C[NH+]1CCN(c2ccccc2C)CC1)C(=O)OC. The summed E-state index contributed by atoms with van der Waals surface area (Å²) in [6.07, 6.45) is 0.808. The number of nitrogens with zero attached hydrogens (tertiary/aromatic N) is 1. The Morgan fingerprint density at radius 2 is 1.92 bits per heavy atom. The van der Waals surface area contributed by atoms with E-state index in [1.54, 1.807) is 0 Å². The topological polar surface area (TPSA) is 63.1 Å². The first-order chi connectivity index (χ1) is 12.5. The Morgan fingerprint density at radius 1 is 1.27 bits per heavy atom. The third kappa shape index (κ3) is 5.21. The molecule has 1 aromatic rings. The molecule has 2 N–H and O–H groups in total. The highest BCUT2D eigenvalue weighted by molar-refractivity contribution is 5.85. The van der Waals surface area contributed by atoms with Crippen molar-refractivity contribution in [2.75, 3.05) is 44.7 Å². The number of hydrogen-bond acceptors (Lipinski definition) is 4. The number of amides is 1. The molecule has 6 heteroatoms. The van der Waals surface area contributed by atoms with Gasteiger partial charge in [0.25, 0.3) is 5.91 Å². The van der Waals surface area contributed by atoms with Gasteiger partial charge >= 0.3 is 5.97 Å². The molecule has 1 fully saturated rings. The first-order valence-electron chi connectivity index (χ1n) is 9.47. The Kier molecular flexibility index (Phi) is 7.45. The van der Waals surface area contributed by atoms with E-state index in [2.05, 4.69) is 41.4 Å². The monoisotopic (exact) mass is 362 g/mol. The van der Waals surface area contributed by atoms with Gasteiger partial charge in [0.2, 0.25) is 0 Å². The summed E-state index contributed by atoms with van der Waals surface area (Å²) < 4.78 is 4.83. The molecule has 1 saturated heterocycles. The molecule has 0 bridgehead atoms. The van der Waals surface area contributed by atoms with Crippen LogP contribution >= 0.6 is 0 Å². The van der Waals surface area contributed by atoms with E-state index in [-0.39, 0.29) is 17.8 Å². The van der Waals surface area contributed by atoms with E-state index in [1.807, 2.05) is 13.8 Å². The van der Waals surface area contributed by atoms with E-state index >= 15 is 0 Å². The van der Waals surface area contributed by atoms with Gasteiger partial charge < -0.3 is 19.9 Å². The summed E-state index contributed by atoms with van der Waals surface area (Å²) in [5, 5.41) is 2.87. The second-order valence-corrected chi connectivity index (χ2v) is 7.15. The number of benzene rings is 1. The van der Waals surface area contributed by atoms with Gasteiger partial charge in [-0.3, -0.25) is 4.79 Å². The van der Waals surface area contributed by atoms with E-state index in [0.717, 1.165) is 32.6 Å². The number of rotatable bonds is 7. The minimum Gasteiger partial charge on any atom is -0.467 e. The molecule has 1 amide bonds. The number of nitrogens with one attached hydrogen (secondary N) is 2. The number of quaternary nitrogens is 1. The van der Waals surface area contributed by atoms with Gasteiger partial charge in [0, 0.05) is 5.69 Å². The number of piperazine rings is 1. The van der Waals surface area contributed by atoms with E-state index in [4.69, 9.17) is 4.74 Å². The zero-order valence-electron chi connectivity index (χ0n) is 16.4. The van der Waals surface area contributed by atoms with E-state index in [9.17, 15) is 9.59 Å². The fraction of sp³-hybridized carbons (Fsp3) is 0.600. The van der Waals surface area contributed by atoms with Crippen molar-refractivity contribution in [2.45, 2.75) is 33.2 Å². The molecule has 0 spiro atoms. The van der Waals surface area contributed by atoms with Crippen LogP contribution in [-0.2, 0) is 14.3 Å². The number of esters is 1. The van der Waals surface area contributed by atoms with Gasteiger partial charge in [0.1, 0.15) is 6.04 Å². The highest BCUT2D eigenvalue weighted by atomic mass is 16.5. The van der Waals surface area contributed by atoms with Gasteiger partial charge in [-0.05, 0) is 24.5 Å². The zero-order valence-corrected chi connectivity index (χ0v) is 16.4. The zero-order chi connectivity index (χ0) is 19.1. The van der Waals surface area contributed by atoms with Crippen molar-refractivity contribution < 1.29 is 19.2 Å². The quantitative estimate of drug-likeness (QED) is 0.690. The first kappa shape index (κ1) is 20.2. The third-order valence-corrected chi connectivity index (χ3v) is 5.32. The van der Waals surface area contributed by atoms with Crippen LogP contribution < -0.4 is 15.1 Å². The second kappa shape index (κ2) is 9.57. The third-order valence-electron chi connectivity index (χ3n) is 5.32. The average molecular weight is 362 g/mol. The Morgan fingerprint density at radius 3 is 2.50 bits per heavy atom. The Hall–Kier alpha value is -2.08. The second-order valence-electron chi connectivity index (χ2n) is 7.15. The summed E-state index contributed by atoms with van der Waals surface area (Å²) in [6, 6.07) is 7.84. The van der Waals surface area contributed by atoms with Crippen LogP contribution in [0.15, 0.2) is 24.3 Å². The molecule has 1 aromatic carbocycles. The maximum atomic E-state index is 12.4. The molecule has 0 unspecified atom stereocenters. The minimum absolute atomic E-state index is 0.0549. The molecule has 6 nitrogen and oxygen atoms in total.